The second kappa shape index (κ2) is 5.89. The monoisotopic (exact) mass is 278 g/mol. The van der Waals surface area contributed by atoms with Crippen molar-refractivity contribution in [3.05, 3.63) is 18.0 Å². The zero-order chi connectivity index (χ0) is 13.1. The van der Waals surface area contributed by atoms with Crippen LogP contribution in [0, 0.1) is 0 Å². The van der Waals surface area contributed by atoms with Crippen molar-refractivity contribution in [1.82, 2.24) is 8.87 Å². The lowest BCUT2D eigenvalue weighted by molar-refractivity contribution is 0.427. The summed E-state index contributed by atoms with van der Waals surface area (Å²) in [5, 5.41) is 0. The first-order valence-corrected chi connectivity index (χ1v) is 7.66. The van der Waals surface area contributed by atoms with Crippen LogP contribution in [0.15, 0.2) is 17.2 Å². The molecule has 0 saturated heterocycles. The Morgan fingerprint density at radius 2 is 2.06 bits per heavy atom. The Labute approximate surface area is 108 Å². The Morgan fingerprint density at radius 1 is 1.41 bits per heavy atom. The van der Waals surface area contributed by atoms with Gasteiger partial charge in [0.2, 0.25) is 10.0 Å². The molecule has 0 atom stereocenters. The van der Waals surface area contributed by atoms with Crippen molar-refractivity contribution in [2.24, 2.45) is 7.05 Å². The summed E-state index contributed by atoms with van der Waals surface area (Å²) < 4.78 is 27.8. The highest BCUT2D eigenvalue weighted by Gasteiger charge is 2.24. The maximum Gasteiger partial charge on any atom is 0.244 e. The average molecular weight is 279 g/mol. The average Bonchev–Trinajstić information content (AvgIpc) is 2.67. The summed E-state index contributed by atoms with van der Waals surface area (Å²) in [6.07, 6.45) is 2.42. The lowest BCUT2D eigenvalue weighted by atomic mass is 10.5. The maximum atomic E-state index is 12.3. The van der Waals surface area contributed by atoms with Crippen molar-refractivity contribution in [2.75, 3.05) is 13.1 Å². The number of sulfonamides is 1. The number of halogens is 1. The molecule has 0 saturated carbocycles. The number of alkyl halides is 1. The molecule has 0 fully saturated rings. The molecular formula is C11H19ClN2O2S. The van der Waals surface area contributed by atoms with Crippen LogP contribution in [0.2, 0.25) is 0 Å². The van der Waals surface area contributed by atoms with E-state index < -0.39 is 10.0 Å². The predicted octanol–water partition coefficient (Wildman–Crippen LogP) is 2.18. The number of rotatable bonds is 6. The summed E-state index contributed by atoms with van der Waals surface area (Å²) >= 11 is 5.74. The molecule has 0 N–H and O–H groups in total. The van der Waals surface area contributed by atoms with Crippen molar-refractivity contribution >= 4 is 21.6 Å². The van der Waals surface area contributed by atoms with E-state index in [4.69, 9.17) is 11.6 Å². The molecule has 0 radical (unpaired) electrons. The van der Waals surface area contributed by atoms with Gasteiger partial charge in [-0.15, -0.1) is 11.6 Å². The molecule has 1 heterocycles. The first kappa shape index (κ1) is 14.5. The largest absolute Gasteiger partial charge is 0.352 e. The number of hydrogen-bond acceptors (Lipinski definition) is 2. The van der Waals surface area contributed by atoms with Gasteiger partial charge in [-0.1, -0.05) is 13.8 Å². The highest BCUT2D eigenvalue weighted by molar-refractivity contribution is 7.89. The number of hydrogen-bond donors (Lipinski definition) is 0. The normalized spacial score (nSPS) is 12.3. The molecule has 0 aliphatic heterocycles. The van der Waals surface area contributed by atoms with E-state index in [1.54, 1.807) is 23.9 Å². The topological polar surface area (TPSA) is 42.3 Å². The van der Waals surface area contributed by atoms with Gasteiger partial charge in [0.15, 0.2) is 0 Å². The number of aryl methyl sites for hydroxylation is 1. The summed E-state index contributed by atoms with van der Waals surface area (Å²) in [7, 11) is -1.57. The van der Waals surface area contributed by atoms with E-state index in [1.807, 2.05) is 13.8 Å². The summed E-state index contributed by atoms with van der Waals surface area (Å²) in [5.74, 6) is 0.311. The van der Waals surface area contributed by atoms with Gasteiger partial charge in [-0.2, -0.15) is 4.31 Å². The molecule has 1 aromatic rings. The molecule has 0 spiro atoms. The van der Waals surface area contributed by atoms with Crippen molar-refractivity contribution < 1.29 is 8.42 Å². The highest BCUT2D eigenvalue weighted by atomic mass is 35.5. The van der Waals surface area contributed by atoms with Gasteiger partial charge in [-0.25, -0.2) is 8.42 Å². The van der Waals surface area contributed by atoms with Crippen LogP contribution in [0.4, 0.5) is 0 Å². The Balaban J connectivity index is 3.11. The summed E-state index contributed by atoms with van der Waals surface area (Å²) in [4.78, 5) is 0.325. The molecule has 1 rings (SSSR count). The van der Waals surface area contributed by atoms with Crippen LogP contribution < -0.4 is 0 Å². The molecule has 0 unspecified atom stereocenters. The molecule has 0 amide bonds. The van der Waals surface area contributed by atoms with Gasteiger partial charge in [0.05, 0.1) is 5.88 Å². The third-order valence-electron chi connectivity index (χ3n) is 2.68. The predicted molar refractivity (Wildman–Crippen MR) is 69.7 cm³/mol. The van der Waals surface area contributed by atoms with Gasteiger partial charge in [0.1, 0.15) is 4.90 Å². The summed E-state index contributed by atoms with van der Waals surface area (Å²) in [5.41, 5.74) is 0.804. The van der Waals surface area contributed by atoms with Crippen LogP contribution in [0.1, 0.15) is 26.0 Å². The van der Waals surface area contributed by atoms with Crippen LogP contribution >= 0.6 is 11.6 Å². The molecule has 17 heavy (non-hydrogen) atoms. The first-order valence-electron chi connectivity index (χ1n) is 5.68. The third kappa shape index (κ3) is 3.03. The van der Waals surface area contributed by atoms with Gasteiger partial charge in [0, 0.05) is 32.0 Å². The summed E-state index contributed by atoms with van der Waals surface area (Å²) in [6.45, 7) is 4.84. The van der Waals surface area contributed by atoms with E-state index >= 15 is 0 Å². The first-order chi connectivity index (χ1) is 7.97. The van der Waals surface area contributed by atoms with E-state index in [0.717, 1.165) is 12.1 Å². The Kier molecular flexibility index (Phi) is 5.04. The maximum absolute atomic E-state index is 12.3. The molecule has 1 aromatic heterocycles. The third-order valence-corrected chi connectivity index (χ3v) is 4.90. The highest BCUT2D eigenvalue weighted by Crippen LogP contribution is 2.19. The van der Waals surface area contributed by atoms with Crippen LogP contribution in [0.3, 0.4) is 0 Å². The smallest absolute Gasteiger partial charge is 0.244 e. The zero-order valence-electron chi connectivity index (χ0n) is 10.5. The van der Waals surface area contributed by atoms with Crippen LogP contribution in [0.25, 0.3) is 0 Å². The van der Waals surface area contributed by atoms with Crippen molar-refractivity contribution in [3.8, 4) is 0 Å². The molecule has 4 nitrogen and oxygen atoms in total. The quantitative estimate of drug-likeness (QED) is 0.749. The Morgan fingerprint density at radius 3 is 2.47 bits per heavy atom. The molecular weight excluding hydrogens is 260 g/mol. The van der Waals surface area contributed by atoms with Gasteiger partial charge >= 0.3 is 0 Å². The molecule has 0 aliphatic carbocycles. The fraction of sp³-hybridized carbons (Fsp3) is 0.636. The molecule has 0 aromatic carbocycles. The van der Waals surface area contributed by atoms with Gasteiger partial charge in [-0.3, -0.25) is 0 Å². The Bertz CT molecular complexity index is 468. The minimum absolute atomic E-state index is 0.311. The van der Waals surface area contributed by atoms with Crippen molar-refractivity contribution in [2.45, 2.75) is 31.0 Å². The van der Waals surface area contributed by atoms with Crippen LogP contribution in [-0.4, -0.2) is 30.4 Å². The fourth-order valence-electron chi connectivity index (χ4n) is 1.70. The van der Waals surface area contributed by atoms with Crippen molar-refractivity contribution in [3.63, 3.8) is 0 Å². The second-order valence-electron chi connectivity index (χ2n) is 3.91. The van der Waals surface area contributed by atoms with E-state index in [0.29, 0.717) is 23.9 Å². The van der Waals surface area contributed by atoms with E-state index in [9.17, 15) is 8.42 Å². The zero-order valence-corrected chi connectivity index (χ0v) is 12.1. The summed E-state index contributed by atoms with van der Waals surface area (Å²) in [6, 6.07) is 1.64. The van der Waals surface area contributed by atoms with E-state index in [1.165, 1.54) is 4.31 Å². The second-order valence-corrected chi connectivity index (χ2v) is 6.11. The van der Waals surface area contributed by atoms with Crippen molar-refractivity contribution in [1.29, 1.82) is 0 Å². The molecule has 0 bridgehead atoms. The van der Waals surface area contributed by atoms with Crippen LogP contribution in [-0.2, 0) is 23.0 Å². The fourth-order valence-corrected chi connectivity index (χ4v) is 3.60. The molecule has 98 valence electrons. The standard InChI is InChI=1S/C11H19ClN2O2S/c1-4-6-14(5-2)17(15,16)11-7-10(8-12)13(3)9-11/h7,9H,4-6,8H2,1-3H3. The minimum Gasteiger partial charge on any atom is -0.352 e. The van der Waals surface area contributed by atoms with E-state index in [2.05, 4.69) is 0 Å². The minimum atomic E-state index is -3.37. The SMILES string of the molecule is CCCN(CC)S(=O)(=O)c1cc(CCl)n(C)c1. The van der Waals surface area contributed by atoms with Crippen LogP contribution in [0.5, 0.6) is 0 Å². The molecule has 6 heteroatoms. The lowest BCUT2D eigenvalue weighted by Crippen LogP contribution is -2.31. The Hall–Kier alpha value is -0.520. The van der Waals surface area contributed by atoms with E-state index in [-0.39, 0.29) is 0 Å². The number of aromatic nitrogens is 1. The number of nitrogens with zero attached hydrogens (tertiary/aromatic N) is 2. The van der Waals surface area contributed by atoms with Gasteiger partial charge < -0.3 is 4.57 Å². The molecule has 0 aliphatic rings. The van der Waals surface area contributed by atoms with Gasteiger partial charge in [-0.05, 0) is 12.5 Å². The lowest BCUT2D eigenvalue weighted by Gasteiger charge is -2.18. The van der Waals surface area contributed by atoms with Gasteiger partial charge in [0.25, 0.3) is 0 Å².